The van der Waals surface area contributed by atoms with E-state index < -0.39 is 0 Å². The summed E-state index contributed by atoms with van der Waals surface area (Å²) in [6.07, 6.45) is 1.85. The molecule has 1 aliphatic heterocycles. The van der Waals surface area contributed by atoms with Gasteiger partial charge in [-0.3, -0.25) is 9.69 Å². The molecule has 1 saturated heterocycles. The number of thioether (sulfide) groups is 1. The van der Waals surface area contributed by atoms with Crippen molar-refractivity contribution in [3.8, 4) is 5.75 Å². The van der Waals surface area contributed by atoms with Crippen LogP contribution in [0.5, 0.6) is 5.75 Å². The van der Waals surface area contributed by atoms with E-state index in [4.69, 9.17) is 21.7 Å². The molecule has 1 aromatic rings. The lowest BCUT2D eigenvalue weighted by Gasteiger charge is -2.10. The second kappa shape index (κ2) is 7.06. The Bertz CT molecular complexity index is 599. The molecule has 1 heterocycles. The van der Waals surface area contributed by atoms with Crippen molar-refractivity contribution in [1.29, 1.82) is 0 Å². The van der Waals surface area contributed by atoms with Crippen LogP contribution in [-0.4, -0.2) is 35.9 Å². The maximum Gasteiger partial charge on any atom is 0.266 e. The Morgan fingerprint density at radius 1 is 1.38 bits per heavy atom. The quantitative estimate of drug-likeness (QED) is 0.615. The molecule has 112 valence electrons. The summed E-state index contributed by atoms with van der Waals surface area (Å²) in [5.74, 6) is 0.742. The predicted octanol–water partition coefficient (Wildman–Crippen LogP) is 3.06. The first kappa shape index (κ1) is 16.0. The third kappa shape index (κ3) is 3.45. The maximum absolute atomic E-state index is 12.2. The topological polar surface area (TPSA) is 38.8 Å². The molecular formula is C15H17NO3S2. The van der Waals surface area contributed by atoms with Gasteiger partial charge < -0.3 is 9.47 Å². The summed E-state index contributed by atoms with van der Waals surface area (Å²) in [6, 6.07) is 5.75. The number of nitrogens with zero attached hydrogens (tertiary/aromatic N) is 1. The zero-order valence-corrected chi connectivity index (χ0v) is 13.8. The summed E-state index contributed by atoms with van der Waals surface area (Å²) >= 11 is 6.54. The van der Waals surface area contributed by atoms with E-state index in [1.807, 2.05) is 31.2 Å². The molecule has 1 aromatic carbocycles. The average Bonchev–Trinajstić information content (AvgIpc) is 2.73. The van der Waals surface area contributed by atoms with Crippen molar-refractivity contribution < 1.29 is 14.3 Å². The minimum Gasteiger partial charge on any atom is -0.496 e. The lowest BCUT2D eigenvalue weighted by Crippen LogP contribution is -2.27. The molecule has 4 nitrogen and oxygen atoms in total. The van der Waals surface area contributed by atoms with Crippen molar-refractivity contribution in [2.45, 2.75) is 13.5 Å². The molecule has 6 heteroatoms. The first-order valence-corrected chi connectivity index (χ1v) is 7.74. The highest BCUT2D eigenvalue weighted by Crippen LogP contribution is 2.33. The number of rotatable bonds is 5. The summed E-state index contributed by atoms with van der Waals surface area (Å²) in [5.41, 5.74) is 1.87. The van der Waals surface area contributed by atoms with Crippen LogP contribution < -0.4 is 4.74 Å². The molecule has 0 aromatic heterocycles. The zero-order valence-electron chi connectivity index (χ0n) is 12.2. The van der Waals surface area contributed by atoms with Gasteiger partial charge in [-0.1, -0.05) is 30.0 Å². The summed E-state index contributed by atoms with van der Waals surface area (Å²) in [7, 11) is 3.26. The number of thiocarbonyl (C=S) groups is 1. The number of methoxy groups -OCH3 is 2. The number of hydrogen-bond donors (Lipinski definition) is 0. The second-order valence-corrected chi connectivity index (χ2v) is 6.11. The molecule has 21 heavy (non-hydrogen) atoms. The fraction of sp³-hybridized carbons (Fsp3) is 0.333. The minimum absolute atomic E-state index is 0.0309. The lowest BCUT2D eigenvalue weighted by molar-refractivity contribution is -0.121. The van der Waals surface area contributed by atoms with E-state index >= 15 is 0 Å². The summed E-state index contributed by atoms with van der Waals surface area (Å²) < 4.78 is 11.1. The van der Waals surface area contributed by atoms with E-state index in [2.05, 4.69) is 0 Å². The fourth-order valence-corrected chi connectivity index (χ4v) is 3.46. The molecular weight excluding hydrogens is 306 g/mol. The Hall–Kier alpha value is -1.37. The summed E-state index contributed by atoms with van der Waals surface area (Å²) in [4.78, 5) is 14.4. The molecule has 0 atom stereocenters. The fourth-order valence-electron chi connectivity index (χ4n) is 2.08. The zero-order chi connectivity index (χ0) is 15.4. The first-order valence-electron chi connectivity index (χ1n) is 6.52. The number of amides is 1. The largest absolute Gasteiger partial charge is 0.496 e. The Kier molecular flexibility index (Phi) is 5.39. The molecule has 0 unspecified atom stereocenters. The van der Waals surface area contributed by atoms with Crippen molar-refractivity contribution in [2.75, 3.05) is 20.8 Å². The minimum atomic E-state index is -0.0309. The highest BCUT2D eigenvalue weighted by molar-refractivity contribution is 8.26. The van der Waals surface area contributed by atoms with Gasteiger partial charge in [0, 0.05) is 19.2 Å². The Morgan fingerprint density at radius 3 is 2.71 bits per heavy atom. The van der Waals surface area contributed by atoms with E-state index in [1.54, 1.807) is 19.1 Å². The van der Waals surface area contributed by atoms with E-state index in [0.717, 1.165) is 16.9 Å². The Morgan fingerprint density at radius 2 is 2.14 bits per heavy atom. The molecule has 0 aliphatic carbocycles. The maximum atomic E-state index is 12.2. The molecule has 1 fully saturated rings. The van der Waals surface area contributed by atoms with Gasteiger partial charge in [0.25, 0.3) is 5.91 Å². The normalized spacial score (nSPS) is 16.9. The number of carbonyl (C=O) groups is 1. The van der Waals surface area contributed by atoms with Crippen molar-refractivity contribution in [3.63, 3.8) is 0 Å². The van der Waals surface area contributed by atoms with Gasteiger partial charge in [-0.15, -0.1) is 0 Å². The van der Waals surface area contributed by atoms with Crippen molar-refractivity contribution in [3.05, 3.63) is 34.2 Å². The second-order valence-electron chi connectivity index (χ2n) is 4.43. The van der Waals surface area contributed by atoms with Crippen LogP contribution >= 0.6 is 24.0 Å². The molecule has 0 radical (unpaired) electrons. The third-order valence-corrected chi connectivity index (χ3v) is 4.47. The molecule has 0 spiro atoms. The number of hydrogen-bond acceptors (Lipinski definition) is 5. The van der Waals surface area contributed by atoms with Crippen LogP contribution in [-0.2, 0) is 16.1 Å². The molecule has 1 amide bonds. The standard InChI is InChI=1S/C15H17NO3S2/c1-4-16-14(17)13(21-15(16)20)8-10-5-6-12(19-3)11(7-10)9-18-2/h5-8H,4,9H2,1-3H3/b13-8-. The van der Waals surface area contributed by atoms with Gasteiger partial charge in [0.05, 0.1) is 18.6 Å². The van der Waals surface area contributed by atoms with Crippen LogP contribution in [0.3, 0.4) is 0 Å². The number of ether oxygens (including phenoxy) is 2. The Labute approximate surface area is 134 Å². The van der Waals surface area contributed by atoms with Gasteiger partial charge in [0.1, 0.15) is 10.1 Å². The summed E-state index contributed by atoms with van der Waals surface area (Å²) in [5, 5.41) is 0. The van der Waals surface area contributed by atoms with Crippen LogP contribution in [0, 0.1) is 0 Å². The predicted molar refractivity (Wildman–Crippen MR) is 89.3 cm³/mol. The molecule has 0 bridgehead atoms. The van der Waals surface area contributed by atoms with Crippen LogP contribution in [0.4, 0.5) is 0 Å². The van der Waals surface area contributed by atoms with E-state index in [-0.39, 0.29) is 5.91 Å². The molecule has 1 aliphatic rings. The highest BCUT2D eigenvalue weighted by Gasteiger charge is 2.30. The molecule has 2 rings (SSSR count). The third-order valence-electron chi connectivity index (χ3n) is 3.09. The van der Waals surface area contributed by atoms with Crippen LogP contribution in [0.2, 0.25) is 0 Å². The van der Waals surface area contributed by atoms with Crippen molar-refractivity contribution in [2.24, 2.45) is 0 Å². The van der Waals surface area contributed by atoms with Crippen molar-refractivity contribution >= 4 is 40.3 Å². The van der Waals surface area contributed by atoms with Gasteiger partial charge in [-0.25, -0.2) is 0 Å². The summed E-state index contributed by atoms with van der Waals surface area (Å²) in [6.45, 7) is 2.97. The number of benzene rings is 1. The van der Waals surface area contributed by atoms with Gasteiger partial charge in [-0.05, 0) is 30.7 Å². The Balaban J connectivity index is 2.31. The van der Waals surface area contributed by atoms with E-state index in [0.29, 0.717) is 22.4 Å². The monoisotopic (exact) mass is 323 g/mol. The van der Waals surface area contributed by atoms with E-state index in [9.17, 15) is 4.79 Å². The van der Waals surface area contributed by atoms with Crippen LogP contribution in [0.25, 0.3) is 6.08 Å². The first-order chi connectivity index (χ1) is 10.1. The van der Waals surface area contributed by atoms with E-state index in [1.165, 1.54) is 11.8 Å². The van der Waals surface area contributed by atoms with Gasteiger partial charge in [0.15, 0.2) is 0 Å². The van der Waals surface area contributed by atoms with Crippen molar-refractivity contribution in [1.82, 2.24) is 4.90 Å². The molecule has 0 saturated carbocycles. The SMILES string of the molecule is CCN1C(=O)/C(=C/c2ccc(OC)c(COC)c2)SC1=S. The smallest absolute Gasteiger partial charge is 0.266 e. The average molecular weight is 323 g/mol. The van der Waals surface area contributed by atoms with Gasteiger partial charge >= 0.3 is 0 Å². The van der Waals surface area contributed by atoms with Gasteiger partial charge in [-0.2, -0.15) is 0 Å². The highest BCUT2D eigenvalue weighted by atomic mass is 32.2. The number of carbonyl (C=O) groups excluding carboxylic acids is 1. The molecule has 0 N–H and O–H groups in total. The lowest BCUT2D eigenvalue weighted by atomic mass is 10.1. The van der Waals surface area contributed by atoms with Gasteiger partial charge in [0.2, 0.25) is 0 Å². The number of likely N-dealkylation sites (N-methyl/N-ethyl adjacent to an activating group) is 1. The van der Waals surface area contributed by atoms with Crippen LogP contribution in [0.1, 0.15) is 18.1 Å². The van der Waals surface area contributed by atoms with Crippen LogP contribution in [0.15, 0.2) is 23.1 Å².